The van der Waals surface area contributed by atoms with Crippen molar-refractivity contribution in [3.63, 3.8) is 0 Å². The number of nitrogens with zero attached hydrogens (tertiary/aromatic N) is 2. The van der Waals surface area contributed by atoms with Crippen molar-refractivity contribution in [2.24, 2.45) is 0 Å². The Labute approximate surface area is 154 Å². The highest BCUT2D eigenvalue weighted by atomic mass is 127. The Balaban J connectivity index is 1.73. The van der Waals surface area contributed by atoms with E-state index in [1.165, 1.54) is 4.90 Å². The molecule has 128 valence electrons. The van der Waals surface area contributed by atoms with Crippen LogP contribution in [0.15, 0.2) is 24.3 Å². The number of carbonyl (C=O) groups excluding carboxylic acids is 3. The molecule has 1 heterocycles. The third kappa shape index (κ3) is 2.89. The molecule has 1 aromatic rings. The Kier molecular flexibility index (Phi) is 4.80. The van der Waals surface area contributed by atoms with Crippen LogP contribution in [0.3, 0.4) is 0 Å². The van der Waals surface area contributed by atoms with Crippen molar-refractivity contribution in [1.82, 2.24) is 9.80 Å². The summed E-state index contributed by atoms with van der Waals surface area (Å²) in [5.74, 6) is -0.588. The van der Waals surface area contributed by atoms with E-state index >= 15 is 0 Å². The van der Waals surface area contributed by atoms with E-state index in [0.717, 1.165) is 27.7 Å². The highest BCUT2D eigenvalue weighted by Crippen LogP contribution is 2.39. The first-order valence-electron chi connectivity index (χ1n) is 8.10. The topological polar surface area (TPSA) is 69.7 Å². The molecule has 1 saturated heterocycles. The third-order valence-corrected chi connectivity index (χ3v) is 5.87. The normalized spacial score (nSPS) is 19.9. The second-order valence-electron chi connectivity index (χ2n) is 6.35. The summed E-state index contributed by atoms with van der Waals surface area (Å²) in [5.41, 5.74) is -0.0560. The van der Waals surface area contributed by atoms with E-state index in [4.69, 9.17) is 0 Å². The van der Waals surface area contributed by atoms with Gasteiger partial charge in [-0.2, -0.15) is 0 Å². The number of urea groups is 1. The van der Waals surface area contributed by atoms with Gasteiger partial charge in [0, 0.05) is 10.6 Å². The molecule has 1 aliphatic carbocycles. The van der Waals surface area contributed by atoms with Crippen LogP contribution in [-0.4, -0.2) is 46.8 Å². The lowest BCUT2D eigenvalue weighted by Crippen LogP contribution is -2.49. The number of hydrogen-bond acceptors (Lipinski definition) is 3. The Hall–Kier alpha value is -1.64. The molecule has 0 atom stereocenters. The molecule has 2 fully saturated rings. The number of likely N-dealkylation sites (N-methyl/N-ethyl adjacent to an activating group) is 1. The second kappa shape index (κ2) is 6.70. The van der Waals surface area contributed by atoms with E-state index < -0.39 is 5.54 Å². The van der Waals surface area contributed by atoms with E-state index in [9.17, 15) is 14.4 Å². The Morgan fingerprint density at radius 1 is 1.21 bits per heavy atom. The Morgan fingerprint density at radius 3 is 2.54 bits per heavy atom. The number of imide groups is 1. The van der Waals surface area contributed by atoms with Crippen molar-refractivity contribution in [2.75, 3.05) is 18.9 Å². The molecule has 1 saturated carbocycles. The van der Waals surface area contributed by atoms with Crippen LogP contribution in [0.5, 0.6) is 0 Å². The van der Waals surface area contributed by atoms with Crippen LogP contribution in [0.2, 0.25) is 0 Å². The first kappa shape index (κ1) is 17.2. The molecule has 24 heavy (non-hydrogen) atoms. The lowest BCUT2D eigenvalue weighted by Gasteiger charge is -2.35. The molecule has 3 rings (SSSR count). The fourth-order valence-corrected chi connectivity index (χ4v) is 4.09. The van der Waals surface area contributed by atoms with Gasteiger partial charge in [0.2, 0.25) is 5.91 Å². The van der Waals surface area contributed by atoms with Gasteiger partial charge in [-0.15, -0.1) is 0 Å². The van der Waals surface area contributed by atoms with Crippen LogP contribution in [0.1, 0.15) is 32.1 Å². The van der Waals surface area contributed by atoms with Gasteiger partial charge in [-0.25, -0.2) is 4.79 Å². The minimum absolute atomic E-state index is 0.229. The van der Waals surface area contributed by atoms with Gasteiger partial charge in [0.1, 0.15) is 12.1 Å². The summed E-state index contributed by atoms with van der Waals surface area (Å²) in [6, 6.07) is 7.01. The molecule has 4 amide bonds. The number of benzene rings is 1. The van der Waals surface area contributed by atoms with E-state index in [1.807, 2.05) is 18.2 Å². The largest absolute Gasteiger partial charge is 0.327 e. The van der Waals surface area contributed by atoms with Crippen LogP contribution in [0, 0.1) is 3.57 Å². The van der Waals surface area contributed by atoms with Crippen LogP contribution in [-0.2, 0) is 9.59 Å². The molecule has 0 aromatic heterocycles. The summed E-state index contributed by atoms with van der Waals surface area (Å²) in [6.07, 6.45) is 4.33. The number of carbonyl (C=O) groups is 3. The van der Waals surface area contributed by atoms with Crippen LogP contribution in [0.4, 0.5) is 10.5 Å². The predicted molar refractivity (Wildman–Crippen MR) is 98.5 cm³/mol. The molecular weight excluding hydrogens is 421 g/mol. The number of halogens is 1. The number of rotatable bonds is 3. The van der Waals surface area contributed by atoms with Gasteiger partial charge in [-0.05, 0) is 47.6 Å². The SMILES string of the molecule is CN1C(=O)N(CC(=O)Nc2ccccc2I)C(=O)C12CCCCC2. The molecule has 1 spiro atoms. The summed E-state index contributed by atoms with van der Waals surface area (Å²) < 4.78 is 0.906. The number of hydrogen-bond donors (Lipinski definition) is 1. The number of para-hydroxylation sites is 1. The molecule has 6 nitrogen and oxygen atoms in total. The predicted octanol–water partition coefficient (Wildman–Crippen LogP) is 2.83. The number of amides is 4. The number of nitrogens with one attached hydrogen (secondary N) is 1. The molecule has 0 bridgehead atoms. The van der Waals surface area contributed by atoms with Crippen molar-refractivity contribution in [2.45, 2.75) is 37.6 Å². The van der Waals surface area contributed by atoms with Crippen molar-refractivity contribution in [3.05, 3.63) is 27.8 Å². The van der Waals surface area contributed by atoms with Crippen LogP contribution in [0.25, 0.3) is 0 Å². The quantitative estimate of drug-likeness (QED) is 0.580. The van der Waals surface area contributed by atoms with Crippen LogP contribution < -0.4 is 5.32 Å². The monoisotopic (exact) mass is 441 g/mol. The van der Waals surface area contributed by atoms with Crippen molar-refractivity contribution >= 4 is 46.1 Å². The maximum absolute atomic E-state index is 12.8. The average Bonchev–Trinajstić information content (AvgIpc) is 2.74. The molecule has 1 aromatic carbocycles. The van der Waals surface area contributed by atoms with Gasteiger partial charge in [-0.3, -0.25) is 14.5 Å². The van der Waals surface area contributed by atoms with E-state index in [0.29, 0.717) is 18.5 Å². The highest BCUT2D eigenvalue weighted by molar-refractivity contribution is 14.1. The molecule has 0 unspecified atom stereocenters. The fraction of sp³-hybridized carbons (Fsp3) is 0.471. The summed E-state index contributed by atoms with van der Waals surface area (Å²) in [6.45, 7) is -0.241. The van der Waals surface area contributed by atoms with Gasteiger partial charge in [0.25, 0.3) is 5.91 Å². The first-order chi connectivity index (χ1) is 11.5. The van der Waals surface area contributed by atoms with Crippen LogP contribution >= 0.6 is 22.6 Å². The Morgan fingerprint density at radius 2 is 1.88 bits per heavy atom. The molecule has 7 heteroatoms. The van der Waals surface area contributed by atoms with E-state index in [1.54, 1.807) is 13.1 Å². The zero-order chi connectivity index (χ0) is 17.3. The van der Waals surface area contributed by atoms with Gasteiger partial charge >= 0.3 is 6.03 Å². The van der Waals surface area contributed by atoms with Gasteiger partial charge < -0.3 is 10.2 Å². The van der Waals surface area contributed by atoms with Crippen molar-refractivity contribution < 1.29 is 14.4 Å². The maximum atomic E-state index is 12.8. The average molecular weight is 441 g/mol. The molecule has 2 aliphatic rings. The zero-order valence-electron chi connectivity index (χ0n) is 13.5. The molecule has 1 aliphatic heterocycles. The lowest BCUT2D eigenvalue weighted by atomic mass is 9.81. The summed E-state index contributed by atoms with van der Waals surface area (Å²) >= 11 is 2.13. The first-order valence-corrected chi connectivity index (χ1v) is 9.18. The standard InChI is InChI=1S/C17H20IN3O3/c1-20-16(24)21(15(23)17(20)9-5-2-6-10-17)11-14(22)19-13-8-4-3-7-12(13)18/h3-4,7-8H,2,5-6,9-11H2,1H3,(H,19,22). The third-order valence-electron chi connectivity index (χ3n) is 4.93. The fourth-order valence-electron chi connectivity index (χ4n) is 3.57. The molecule has 1 N–H and O–H groups in total. The molecule has 0 radical (unpaired) electrons. The summed E-state index contributed by atoms with van der Waals surface area (Å²) in [5, 5.41) is 2.77. The van der Waals surface area contributed by atoms with Gasteiger partial charge in [-0.1, -0.05) is 31.4 Å². The summed E-state index contributed by atoms with van der Waals surface area (Å²) in [4.78, 5) is 40.3. The number of anilines is 1. The highest BCUT2D eigenvalue weighted by Gasteiger charge is 2.55. The second-order valence-corrected chi connectivity index (χ2v) is 7.52. The van der Waals surface area contributed by atoms with E-state index in [2.05, 4.69) is 27.9 Å². The van der Waals surface area contributed by atoms with Crippen molar-refractivity contribution in [1.29, 1.82) is 0 Å². The smallest absolute Gasteiger partial charge is 0.324 e. The summed E-state index contributed by atoms with van der Waals surface area (Å²) in [7, 11) is 1.67. The Bertz CT molecular complexity index is 685. The minimum atomic E-state index is -0.739. The molecular formula is C17H20IN3O3. The van der Waals surface area contributed by atoms with E-state index in [-0.39, 0.29) is 24.4 Å². The maximum Gasteiger partial charge on any atom is 0.327 e. The lowest BCUT2D eigenvalue weighted by molar-refractivity contribution is -0.136. The minimum Gasteiger partial charge on any atom is -0.324 e. The van der Waals surface area contributed by atoms with Gasteiger partial charge in [0.05, 0.1) is 5.69 Å². The van der Waals surface area contributed by atoms with Crippen molar-refractivity contribution in [3.8, 4) is 0 Å². The van der Waals surface area contributed by atoms with Gasteiger partial charge in [0.15, 0.2) is 0 Å². The zero-order valence-corrected chi connectivity index (χ0v) is 15.7.